The number of furan rings is 1. The molecule has 0 radical (unpaired) electrons. The first kappa shape index (κ1) is 13.6. The number of carbonyl (C=O) groups excluding carboxylic acids is 1. The van der Waals surface area contributed by atoms with Gasteiger partial charge in [-0.2, -0.15) is 0 Å². The third-order valence-corrected chi connectivity index (χ3v) is 3.94. The minimum atomic E-state index is -0.393. The van der Waals surface area contributed by atoms with Crippen LogP contribution < -0.4 is 0 Å². The summed E-state index contributed by atoms with van der Waals surface area (Å²) in [5.74, 6) is 0.166. The van der Waals surface area contributed by atoms with Gasteiger partial charge in [0.25, 0.3) is 0 Å². The normalized spacial score (nSPS) is 10.5. The number of aryl methyl sites for hydroxylation is 1. The maximum atomic E-state index is 11.9. The molecule has 0 spiro atoms. The Balaban J connectivity index is 1.66. The largest absolute Gasteiger partial charge is 0.469 e. The van der Waals surface area contributed by atoms with Crippen molar-refractivity contribution in [2.24, 2.45) is 0 Å². The van der Waals surface area contributed by atoms with E-state index in [4.69, 9.17) is 9.15 Å². The summed E-state index contributed by atoms with van der Waals surface area (Å²) < 4.78 is 10.3. The molecule has 0 saturated carbocycles. The van der Waals surface area contributed by atoms with Crippen molar-refractivity contribution in [1.82, 2.24) is 4.98 Å². The zero-order valence-corrected chi connectivity index (χ0v) is 12.2. The van der Waals surface area contributed by atoms with Crippen LogP contribution in [0.5, 0.6) is 0 Å². The zero-order chi connectivity index (χ0) is 14.7. The highest BCUT2D eigenvalue weighted by atomic mass is 32.1. The van der Waals surface area contributed by atoms with E-state index in [2.05, 4.69) is 4.98 Å². The van der Waals surface area contributed by atoms with Gasteiger partial charge < -0.3 is 9.15 Å². The predicted octanol–water partition coefficient (Wildman–Crippen LogP) is 4.07. The SMILES string of the molecule is Cc1occc1C(=O)OCc1csc(-c2ccccc2)n1. The Hall–Kier alpha value is -2.40. The number of nitrogens with zero attached hydrogens (tertiary/aromatic N) is 1. The first-order valence-electron chi connectivity index (χ1n) is 6.45. The molecule has 5 heteroatoms. The van der Waals surface area contributed by atoms with Crippen LogP contribution in [0.4, 0.5) is 0 Å². The molecule has 0 atom stereocenters. The lowest BCUT2D eigenvalue weighted by Crippen LogP contribution is -2.05. The lowest BCUT2D eigenvalue weighted by atomic mass is 10.2. The topological polar surface area (TPSA) is 52.3 Å². The van der Waals surface area contributed by atoms with Crippen LogP contribution in [0.3, 0.4) is 0 Å². The van der Waals surface area contributed by atoms with Gasteiger partial charge in [-0.3, -0.25) is 0 Å². The van der Waals surface area contributed by atoms with E-state index in [1.807, 2.05) is 35.7 Å². The van der Waals surface area contributed by atoms with Crippen LogP contribution in [0.2, 0.25) is 0 Å². The summed E-state index contributed by atoms with van der Waals surface area (Å²) in [4.78, 5) is 16.3. The van der Waals surface area contributed by atoms with Crippen LogP contribution in [0.1, 0.15) is 21.8 Å². The quantitative estimate of drug-likeness (QED) is 0.681. The Labute approximate surface area is 126 Å². The lowest BCUT2D eigenvalue weighted by molar-refractivity contribution is 0.0466. The Morgan fingerprint density at radius 1 is 1.29 bits per heavy atom. The van der Waals surface area contributed by atoms with Crippen molar-refractivity contribution in [3.8, 4) is 10.6 Å². The van der Waals surface area contributed by atoms with E-state index in [0.717, 1.165) is 16.3 Å². The monoisotopic (exact) mass is 299 g/mol. The van der Waals surface area contributed by atoms with Gasteiger partial charge in [-0.1, -0.05) is 30.3 Å². The molecule has 2 aromatic heterocycles. The fourth-order valence-electron chi connectivity index (χ4n) is 1.90. The van der Waals surface area contributed by atoms with Crippen molar-refractivity contribution < 1.29 is 13.9 Å². The number of aromatic nitrogens is 1. The highest BCUT2D eigenvalue weighted by molar-refractivity contribution is 7.13. The number of ether oxygens (including phenoxy) is 1. The first-order valence-corrected chi connectivity index (χ1v) is 7.33. The summed E-state index contributed by atoms with van der Waals surface area (Å²) in [6.45, 7) is 1.89. The molecule has 0 bridgehead atoms. The third-order valence-electron chi connectivity index (χ3n) is 3.00. The van der Waals surface area contributed by atoms with Crippen LogP contribution in [0.15, 0.2) is 52.5 Å². The lowest BCUT2D eigenvalue weighted by Gasteiger charge is -2.01. The number of hydrogen-bond donors (Lipinski definition) is 0. The molecule has 21 heavy (non-hydrogen) atoms. The van der Waals surface area contributed by atoms with Crippen LogP contribution >= 0.6 is 11.3 Å². The van der Waals surface area contributed by atoms with Crippen LogP contribution in [-0.2, 0) is 11.3 Å². The van der Waals surface area contributed by atoms with Gasteiger partial charge >= 0.3 is 5.97 Å². The highest BCUT2D eigenvalue weighted by Crippen LogP contribution is 2.23. The number of thiazole rings is 1. The minimum Gasteiger partial charge on any atom is -0.469 e. The van der Waals surface area contributed by atoms with E-state index in [1.54, 1.807) is 13.0 Å². The number of rotatable bonds is 4. The molecule has 0 saturated heterocycles. The summed E-state index contributed by atoms with van der Waals surface area (Å²) in [6.07, 6.45) is 1.47. The Morgan fingerprint density at radius 2 is 2.10 bits per heavy atom. The summed E-state index contributed by atoms with van der Waals surface area (Å²) in [5, 5.41) is 2.82. The molecular formula is C16H13NO3S. The van der Waals surface area contributed by atoms with Gasteiger partial charge in [0.2, 0.25) is 0 Å². The van der Waals surface area contributed by atoms with Gasteiger partial charge in [0.1, 0.15) is 22.9 Å². The van der Waals surface area contributed by atoms with Crippen molar-refractivity contribution in [2.75, 3.05) is 0 Å². The molecule has 0 aliphatic heterocycles. The first-order chi connectivity index (χ1) is 10.2. The van der Waals surface area contributed by atoms with E-state index in [1.165, 1.54) is 17.6 Å². The van der Waals surface area contributed by atoms with Gasteiger partial charge in [-0.15, -0.1) is 11.3 Å². The standard InChI is InChI=1S/C16H13NO3S/c1-11-14(7-8-19-11)16(18)20-9-13-10-21-15(17-13)12-5-3-2-4-6-12/h2-8,10H,9H2,1H3. The summed E-state index contributed by atoms with van der Waals surface area (Å²) >= 11 is 1.53. The van der Waals surface area contributed by atoms with Gasteiger partial charge in [-0.05, 0) is 13.0 Å². The van der Waals surface area contributed by atoms with Gasteiger partial charge in [-0.25, -0.2) is 9.78 Å². The summed E-state index contributed by atoms with van der Waals surface area (Å²) in [6, 6.07) is 11.5. The van der Waals surface area contributed by atoms with E-state index >= 15 is 0 Å². The minimum absolute atomic E-state index is 0.160. The molecule has 0 amide bonds. The van der Waals surface area contributed by atoms with Crippen molar-refractivity contribution in [2.45, 2.75) is 13.5 Å². The van der Waals surface area contributed by atoms with Crippen molar-refractivity contribution in [3.05, 3.63) is 65.1 Å². The van der Waals surface area contributed by atoms with E-state index < -0.39 is 5.97 Å². The smallest absolute Gasteiger partial charge is 0.342 e. The molecule has 1 aromatic carbocycles. The van der Waals surface area contributed by atoms with E-state index in [0.29, 0.717) is 11.3 Å². The maximum Gasteiger partial charge on any atom is 0.342 e. The fraction of sp³-hybridized carbons (Fsp3) is 0.125. The van der Waals surface area contributed by atoms with Crippen LogP contribution in [-0.4, -0.2) is 11.0 Å². The Bertz CT molecular complexity index is 746. The molecule has 0 fully saturated rings. The summed E-state index contributed by atoms with van der Waals surface area (Å²) in [7, 11) is 0. The second-order valence-corrected chi connectivity index (χ2v) is 5.33. The Morgan fingerprint density at radius 3 is 2.81 bits per heavy atom. The molecule has 4 nitrogen and oxygen atoms in total. The zero-order valence-electron chi connectivity index (χ0n) is 11.4. The maximum absolute atomic E-state index is 11.9. The number of hydrogen-bond acceptors (Lipinski definition) is 5. The summed E-state index contributed by atoms with van der Waals surface area (Å²) in [5.41, 5.74) is 2.26. The highest BCUT2D eigenvalue weighted by Gasteiger charge is 2.14. The molecule has 0 unspecified atom stereocenters. The molecule has 3 aromatic rings. The molecule has 0 aliphatic carbocycles. The van der Waals surface area contributed by atoms with E-state index in [-0.39, 0.29) is 6.61 Å². The average molecular weight is 299 g/mol. The second-order valence-electron chi connectivity index (χ2n) is 4.48. The Kier molecular flexibility index (Phi) is 3.83. The molecule has 2 heterocycles. The van der Waals surface area contributed by atoms with Gasteiger partial charge in [0, 0.05) is 10.9 Å². The molecule has 0 N–H and O–H groups in total. The number of carbonyl (C=O) groups is 1. The fourth-order valence-corrected chi connectivity index (χ4v) is 2.71. The average Bonchev–Trinajstić information content (AvgIpc) is 3.15. The number of benzene rings is 1. The molecule has 0 aliphatic rings. The second kappa shape index (κ2) is 5.93. The number of esters is 1. The molecule has 3 rings (SSSR count). The van der Waals surface area contributed by atoms with Crippen molar-refractivity contribution in [3.63, 3.8) is 0 Å². The van der Waals surface area contributed by atoms with Crippen LogP contribution in [0, 0.1) is 6.92 Å². The van der Waals surface area contributed by atoms with Crippen LogP contribution in [0.25, 0.3) is 10.6 Å². The van der Waals surface area contributed by atoms with Crippen molar-refractivity contribution in [1.29, 1.82) is 0 Å². The molecular weight excluding hydrogens is 286 g/mol. The predicted molar refractivity (Wildman–Crippen MR) is 80.1 cm³/mol. The van der Waals surface area contributed by atoms with E-state index in [9.17, 15) is 4.79 Å². The van der Waals surface area contributed by atoms with Gasteiger partial charge in [0.05, 0.1) is 12.0 Å². The molecule has 106 valence electrons. The van der Waals surface area contributed by atoms with Crippen molar-refractivity contribution >= 4 is 17.3 Å². The van der Waals surface area contributed by atoms with Gasteiger partial charge in [0.15, 0.2) is 0 Å². The third kappa shape index (κ3) is 3.03.